The molecular formula is C47H37N3O. The van der Waals surface area contributed by atoms with E-state index < -0.39 is 0 Å². The fraction of sp³-hybridized carbons (Fsp3) is 0.170. The van der Waals surface area contributed by atoms with Gasteiger partial charge in [0.1, 0.15) is 11.5 Å². The Bertz CT molecular complexity index is 2390. The van der Waals surface area contributed by atoms with Crippen LogP contribution in [0.3, 0.4) is 0 Å². The Labute approximate surface area is 299 Å². The Balaban J connectivity index is 1.19. The largest absolute Gasteiger partial charge is 0.457 e. The fourth-order valence-electron chi connectivity index (χ4n) is 9.89. The Morgan fingerprint density at radius 1 is 0.627 bits per heavy atom. The summed E-state index contributed by atoms with van der Waals surface area (Å²) in [6, 6.07) is 38.3. The summed E-state index contributed by atoms with van der Waals surface area (Å²) in [6.07, 6.45) is 20.6. The summed E-state index contributed by atoms with van der Waals surface area (Å²) >= 11 is 0. The quantitative estimate of drug-likeness (QED) is 0.194. The van der Waals surface area contributed by atoms with Crippen LogP contribution in [-0.4, -0.2) is 16.5 Å². The lowest BCUT2D eigenvalue weighted by atomic mass is 9.58. The molecule has 1 aromatic heterocycles. The van der Waals surface area contributed by atoms with Crippen molar-refractivity contribution in [3.8, 4) is 22.8 Å². The first kappa shape index (κ1) is 30.0. The lowest BCUT2D eigenvalue weighted by molar-refractivity contribution is 0.172. The molecule has 0 N–H and O–H groups in total. The second-order valence-corrected chi connectivity index (χ2v) is 14.7. The highest BCUT2D eigenvalue weighted by Crippen LogP contribution is 2.75. The van der Waals surface area contributed by atoms with E-state index in [2.05, 4.69) is 160 Å². The van der Waals surface area contributed by atoms with Crippen molar-refractivity contribution in [3.63, 3.8) is 0 Å². The van der Waals surface area contributed by atoms with Crippen LogP contribution in [0.1, 0.15) is 47.2 Å². The van der Waals surface area contributed by atoms with Crippen LogP contribution in [0.5, 0.6) is 11.5 Å². The molecule has 1 saturated carbocycles. The molecule has 51 heavy (non-hydrogen) atoms. The summed E-state index contributed by atoms with van der Waals surface area (Å²) in [6.45, 7) is 5.44. The molecule has 4 aromatic carbocycles. The fourth-order valence-corrected chi connectivity index (χ4v) is 9.89. The molecule has 0 radical (unpaired) electrons. The van der Waals surface area contributed by atoms with E-state index in [0.717, 1.165) is 50.7 Å². The van der Waals surface area contributed by atoms with Crippen LogP contribution < -0.4 is 4.74 Å². The molecule has 246 valence electrons. The Kier molecular flexibility index (Phi) is 6.51. The molecule has 0 amide bonds. The van der Waals surface area contributed by atoms with E-state index in [9.17, 15) is 0 Å². The van der Waals surface area contributed by atoms with Crippen LogP contribution in [0.15, 0.2) is 174 Å². The molecule has 5 aliphatic rings. The second-order valence-electron chi connectivity index (χ2n) is 14.7. The predicted molar refractivity (Wildman–Crippen MR) is 205 cm³/mol. The Hall–Kier alpha value is -5.87. The van der Waals surface area contributed by atoms with Gasteiger partial charge in [0.25, 0.3) is 0 Å². The number of fused-ring (bicyclic) bond motifs is 10. The average Bonchev–Trinajstić information content (AvgIpc) is 3.26. The summed E-state index contributed by atoms with van der Waals surface area (Å²) in [5.74, 6) is 2.89. The van der Waals surface area contributed by atoms with Crippen LogP contribution in [0.2, 0.25) is 0 Å². The van der Waals surface area contributed by atoms with Gasteiger partial charge < -0.3 is 4.74 Å². The van der Waals surface area contributed by atoms with Gasteiger partial charge in [-0.15, -0.1) is 0 Å². The Morgan fingerprint density at radius 3 is 2.12 bits per heavy atom. The lowest BCUT2D eigenvalue weighted by Crippen LogP contribution is -2.42. The summed E-state index contributed by atoms with van der Waals surface area (Å²) in [5, 5.41) is 0. The van der Waals surface area contributed by atoms with E-state index >= 15 is 0 Å². The third kappa shape index (κ3) is 4.11. The minimum atomic E-state index is -0.388. The van der Waals surface area contributed by atoms with Gasteiger partial charge in [-0.2, -0.15) is 0 Å². The number of amidine groups is 1. The summed E-state index contributed by atoms with van der Waals surface area (Å²) in [4.78, 5) is 15.5. The number of ether oxygens (including phenoxy) is 1. The van der Waals surface area contributed by atoms with Gasteiger partial charge in [0.05, 0.1) is 18.0 Å². The molecule has 4 nitrogen and oxygen atoms in total. The number of benzene rings is 4. The standard InChI is InChI=1S/C47H37N3O/c1-45-26-12-10-22-40(45)47(41-23-11-13-27-46(41,45)2)36-20-8-9-21-38(36)51-39-25-24-32(29-37(39)47)42-35(19-14-28-48-42)44-49-30-33-17-6-7-18-34(33)43(50-44)31-15-4-3-5-16-31/h3-29,40-41H,30H2,1-2H3. The molecule has 4 unspecified atom stereocenters. The number of aliphatic imine (C=N–C) groups is 2. The molecule has 5 aromatic rings. The molecule has 0 saturated heterocycles. The number of hydrogen-bond donors (Lipinski definition) is 0. The summed E-state index contributed by atoms with van der Waals surface area (Å²) in [5.41, 5.74) is 8.83. The zero-order valence-corrected chi connectivity index (χ0v) is 28.7. The molecule has 4 atom stereocenters. The van der Waals surface area contributed by atoms with Gasteiger partial charge in [-0.05, 0) is 42.0 Å². The highest BCUT2D eigenvalue weighted by Gasteiger charge is 2.71. The molecule has 3 aliphatic carbocycles. The summed E-state index contributed by atoms with van der Waals surface area (Å²) < 4.78 is 6.79. The topological polar surface area (TPSA) is 46.8 Å². The van der Waals surface area contributed by atoms with Crippen LogP contribution in [0, 0.1) is 22.7 Å². The van der Waals surface area contributed by atoms with Gasteiger partial charge >= 0.3 is 0 Å². The van der Waals surface area contributed by atoms with Crippen LogP contribution >= 0.6 is 0 Å². The second kappa shape index (κ2) is 11.1. The first-order valence-electron chi connectivity index (χ1n) is 17.9. The average molecular weight is 660 g/mol. The van der Waals surface area contributed by atoms with Crippen LogP contribution in [0.25, 0.3) is 11.3 Å². The Morgan fingerprint density at radius 2 is 1.31 bits per heavy atom. The van der Waals surface area contributed by atoms with E-state index in [1.54, 1.807) is 0 Å². The number of nitrogens with zero attached hydrogens (tertiary/aromatic N) is 3. The maximum atomic E-state index is 6.79. The third-order valence-electron chi connectivity index (χ3n) is 12.4. The van der Waals surface area contributed by atoms with Gasteiger partial charge in [-0.1, -0.05) is 135 Å². The number of allylic oxidation sites excluding steroid dienone is 8. The SMILES string of the molecule is CC12C=CC=CC1C1(c3ccccc3Oc3ccc(-c4ncccc4C4=NCc5ccccc5C(c5ccccc5)=N4)cc31)C1C=CC=CC12C. The van der Waals surface area contributed by atoms with Crippen molar-refractivity contribution in [1.82, 2.24) is 4.98 Å². The van der Waals surface area contributed by atoms with Crippen LogP contribution in [-0.2, 0) is 12.0 Å². The maximum Gasteiger partial charge on any atom is 0.157 e. The first-order chi connectivity index (χ1) is 25.0. The van der Waals surface area contributed by atoms with Crippen molar-refractivity contribution in [2.24, 2.45) is 32.7 Å². The van der Waals surface area contributed by atoms with E-state index in [-0.39, 0.29) is 28.1 Å². The van der Waals surface area contributed by atoms with E-state index in [1.807, 2.05) is 18.3 Å². The van der Waals surface area contributed by atoms with Crippen LogP contribution in [0.4, 0.5) is 0 Å². The van der Waals surface area contributed by atoms with Crippen molar-refractivity contribution >= 4 is 11.5 Å². The third-order valence-corrected chi connectivity index (χ3v) is 12.4. The number of pyridine rings is 1. The summed E-state index contributed by atoms with van der Waals surface area (Å²) in [7, 11) is 0. The molecule has 3 heterocycles. The van der Waals surface area contributed by atoms with Gasteiger partial charge in [-0.25, -0.2) is 4.99 Å². The predicted octanol–water partition coefficient (Wildman–Crippen LogP) is 10.4. The number of aromatic nitrogens is 1. The molecule has 1 spiro atoms. The van der Waals surface area contributed by atoms with Crippen molar-refractivity contribution in [3.05, 3.63) is 197 Å². The zero-order valence-electron chi connectivity index (χ0n) is 28.7. The molecule has 10 rings (SSSR count). The van der Waals surface area contributed by atoms with Crippen molar-refractivity contribution in [2.45, 2.75) is 25.8 Å². The van der Waals surface area contributed by atoms with Gasteiger partial charge in [0, 0.05) is 67.7 Å². The van der Waals surface area contributed by atoms with Gasteiger partial charge in [-0.3, -0.25) is 9.98 Å². The van der Waals surface area contributed by atoms with Crippen molar-refractivity contribution < 1.29 is 4.74 Å². The highest BCUT2D eigenvalue weighted by atomic mass is 16.5. The monoisotopic (exact) mass is 659 g/mol. The molecule has 4 heteroatoms. The van der Waals surface area contributed by atoms with Gasteiger partial charge in [0.2, 0.25) is 0 Å². The molecule has 2 aliphatic heterocycles. The lowest BCUT2D eigenvalue weighted by Gasteiger charge is -2.46. The van der Waals surface area contributed by atoms with E-state index in [0.29, 0.717) is 12.4 Å². The highest BCUT2D eigenvalue weighted by molar-refractivity contribution is 6.21. The normalized spacial score (nSPS) is 27.6. The first-order valence-corrected chi connectivity index (χ1v) is 17.9. The molecule has 1 fully saturated rings. The maximum absolute atomic E-state index is 6.79. The zero-order chi connectivity index (χ0) is 34.2. The van der Waals surface area contributed by atoms with E-state index in [4.69, 9.17) is 19.7 Å². The van der Waals surface area contributed by atoms with Gasteiger partial charge in [0.15, 0.2) is 5.84 Å². The number of rotatable bonds is 3. The number of hydrogen-bond acceptors (Lipinski definition) is 4. The smallest absolute Gasteiger partial charge is 0.157 e. The van der Waals surface area contributed by atoms with E-state index in [1.165, 1.54) is 11.1 Å². The van der Waals surface area contributed by atoms with Crippen molar-refractivity contribution in [2.75, 3.05) is 0 Å². The number of para-hydroxylation sites is 1. The molecular weight excluding hydrogens is 623 g/mol. The molecule has 0 bridgehead atoms. The van der Waals surface area contributed by atoms with Crippen molar-refractivity contribution in [1.29, 1.82) is 0 Å². The minimum absolute atomic E-state index is 0.131. The minimum Gasteiger partial charge on any atom is -0.457 e.